The van der Waals surface area contributed by atoms with Crippen molar-refractivity contribution >= 4 is 11.6 Å². The molecule has 0 aromatic heterocycles. The number of carbonyl (C=O) groups excluding carboxylic acids is 1. The molecule has 0 unspecified atom stereocenters. The van der Waals surface area contributed by atoms with Crippen molar-refractivity contribution < 1.29 is 4.79 Å². The van der Waals surface area contributed by atoms with Crippen LogP contribution in [0.3, 0.4) is 0 Å². The smallest absolute Gasteiger partial charge is 0.226 e. The predicted molar refractivity (Wildman–Crippen MR) is 66.0 cm³/mol. The van der Waals surface area contributed by atoms with Crippen molar-refractivity contribution in [2.24, 2.45) is 5.92 Å². The molecule has 0 saturated carbocycles. The van der Waals surface area contributed by atoms with Gasteiger partial charge in [-0.1, -0.05) is 39.8 Å². The van der Waals surface area contributed by atoms with Crippen molar-refractivity contribution in [3.05, 3.63) is 29.8 Å². The second kappa shape index (κ2) is 7.04. The van der Waals surface area contributed by atoms with Crippen LogP contribution in [0.2, 0.25) is 0 Å². The normalized spacial score (nSPS) is 9.20. The van der Waals surface area contributed by atoms with Crippen LogP contribution in [0.5, 0.6) is 0 Å². The third-order valence-electron chi connectivity index (χ3n) is 1.81. The minimum absolute atomic E-state index is 0.0283. The van der Waals surface area contributed by atoms with Crippen LogP contribution in [0.25, 0.3) is 0 Å². The molecule has 1 N–H and O–H groups in total. The van der Waals surface area contributed by atoms with Crippen LogP contribution >= 0.6 is 0 Å². The molecule has 0 aliphatic carbocycles. The maximum Gasteiger partial charge on any atom is 0.226 e. The Balaban J connectivity index is 0.000000921. The minimum Gasteiger partial charge on any atom is -0.326 e. The van der Waals surface area contributed by atoms with Crippen LogP contribution in [0.15, 0.2) is 24.3 Å². The van der Waals surface area contributed by atoms with E-state index in [0.717, 1.165) is 11.3 Å². The molecule has 0 aliphatic heterocycles. The standard InChI is InChI=1S/C11H15NO.C2H6/c1-8(2)11(13)12-10-6-4-5-9(3)7-10;1-2/h4-8H,1-3H3,(H,12,13);1-2H3. The van der Waals surface area contributed by atoms with E-state index in [-0.39, 0.29) is 11.8 Å². The Labute approximate surface area is 92.7 Å². The zero-order chi connectivity index (χ0) is 11.8. The van der Waals surface area contributed by atoms with Gasteiger partial charge in [0.05, 0.1) is 0 Å². The van der Waals surface area contributed by atoms with Crippen LogP contribution in [-0.4, -0.2) is 5.91 Å². The molecule has 0 heterocycles. The summed E-state index contributed by atoms with van der Waals surface area (Å²) in [4.78, 5) is 11.3. The molecule has 0 fully saturated rings. The molecule has 0 spiro atoms. The van der Waals surface area contributed by atoms with Crippen molar-refractivity contribution in [3.63, 3.8) is 0 Å². The second-order valence-electron chi connectivity index (χ2n) is 3.51. The van der Waals surface area contributed by atoms with Crippen molar-refractivity contribution in [2.75, 3.05) is 5.32 Å². The van der Waals surface area contributed by atoms with E-state index in [9.17, 15) is 4.79 Å². The third-order valence-corrected chi connectivity index (χ3v) is 1.81. The molecule has 0 aliphatic rings. The van der Waals surface area contributed by atoms with Crippen LogP contribution in [0.1, 0.15) is 33.3 Å². The Morgan fingerprint density at radius 3 is 2.33 bits per heavy atom. The van der Waals surface area contributed by atoms with Gasteiger partial charge in [0.2, 0.25) is 5.91 Å². The summed E-state index contributed by atoms with van der Waals surface area (Å²) in [6.07, 6.45) is 0. The zero-order valence-corrected chi connectivity index (χ0v) is 10.3. The highest BCUT2D eigenvalue weighted by atomic mass is 16.1. The first kappa shape index (κ1) is 13.7. The van der Waals surface area contributed by atoms with Gasteiger partial charge in [0.1, 0.15) is 0 Å². The lowest BCUT2D eigenvalue weighted by atomic mass is 10.2. The zero-order valence-electron chi connectivity index (χ0n) is 10.3. The molecule has 0 atom stereocenters. The summed E-state index contributed by atoms with van der Waals surface area (Å²) in [6.45, 7) is 9.77. The van der Waals surface area contributed by atoms with Crippen LogP contribution < -0.4 is 5.32 Å². The van der Waals surface area contributed by atoms with Crippen LogP contribution in [-0.2, 0) is 4.79 Å². The second-order valence-corrected chi connectivity index (χ2v) is 3.51. The van der Waals surface area contributed by atoms with E-state index < -0.39 is 0 Å². The van der Waals surface area contributed by atoms with Crippen molar-refractivity contribution in [1.82, 2.24) is 0 Å². The van der Waals surface area contributed by atoms with Crippen molar-refractivity contribution in [3.8, 4) is 0 Å². The Bertz CT molecular complexity index is 305. The number of rotatable bonds is 2. The molecular formula is C13H21NO. The summed E-state index contributed by atoms with van der Waals surface area (Å²) < 4.78 is 0. The van der Waals surface area contributed by atoms with Gasteiger partial charge in [-0.05, 0) is 24.6 Å². The molecule has 1 aromatic carbocycles. The molecular weight excluding hydrogens is 186 g/mol. The lowest BCUT2D eigenvalue weighted by molar-refractivity contribution is -0.118. The van der Waals surface area contributed by atoms with Gasteiger partial charge in [-0.3, -0.25) is 4.79 Å². The average Bonchev–Trinajstić information content (AvgIpc) is 2.20. The fourth-order valence-electron chi connectivity index (χ4n) is 1.01. The van der Waals surface area contributed by atoms with Gasteiger partial charge >= 0.3 is 0 Å². The molecule has 1 rings (SSSR count). The van der Waals surface area contributed by atoms with E-state index in [1.807, 2.05) is 58.9 Å². The number of anilines is 1. The summed E-state index contributed by atoms with van der Waals surface area (Å²) in [5.41, 5.74) is 2.03. The lowest BCUT2D eigenvalue weighted by Gasteiger charge is -2.07. The van der Waals surface area contributed by atoms with Crippen LogP contribution in [0.4, 0.5) is 5.69 Å². The number of hydrogen-bond acceptors (Lipinski definition) is 1. The highest BCUT2D eigenvalue weighted by Gasteiger charge is 2.06. The maximum absolute atomic E-state index is 11.3. The van der Waals surface area contributed by atoms with E-state index in [4.69, 9.17) is 0 Å². The van der Waals surface area contributed by atoms with Crippen molar-refractivity contribution in [2.45, 2.75) is 34.6 Å². The topological polar surface area (TPSA) is 29.1 Å². The summed E-state index contributed by atoms with van der Waals surface area (Å²) in [5, 5.41) is 2.84. The van der Waals surface area contributed by atoms with E-state index in [2.05, 4.69) is 5.32 Å². The highest BCUT2D eigenvalue weighted by molar-refractivity contribution is 5.92. The minimum atomic E-state index is 0.0283. The molecule has 2 nitrogen and oxygen atoms in total. The van der Waals surface area contributed by atoms with Gasteiger partial charge in [0.25, 0.3) is 0 Å². The molecule has 1 amide bonds. The predicted octanol–water partition coefficient (Wildman–Crippen LogP) is 3.62. The largest absolute Gasteiger partial charge is 0.326 e. The molecule has 15 heavy (non-hydrogen) atoms. The Kier molecular flexibility index (Phi) is 6.43. The van der Waals surface area contributed by atoms with Gasteiger partial charge in [0.15, 0.2) is 0 Å². The summed E-state index contributed by atoms with van der Waals surface area (Å²) in [5.74, 6) is 0.0890. The van der Waals surface area contributed by atoms with Gasteiger partial charge in [0, 0.05) is 11.6 Å². The van der Waals surface area contributed by atoms with E-state index >= 15 is 0 Å². The fraction of sp³-hybridized carbons (Fsp3) is 0.462. The summed E-state index contributed by atoms with van der Waals surface area (Å²) in [7, 11) is 0. The van der Waals surface area contributed by atoms with Crippen molar-refractivity contribution in [1.29, 1.82) is 0 Å². The molecule has 0 radical (unpaired) electrons. The monoisotopic (exact) mass is 207 g/mol. The van der Waals surface area contributed by atoms with Gasteiger partial charge in [-0.15, -0.1) is 0 Å². The van der Waals surface area contributed by atoms with E-state index in [0.29, 0.717) is 0 Å². The molecule has 84 valence electrons. The maximum atomic E-state index is 11.3. The quantitative estimate of drug-likeness (QED) is 0.788. The fourth-order valence-corrected chi connectivity index (χ4v) is 1.01. The average molecular weight is 207 g/mol. The first-order valence-electron chi connectivity index (χ1n) is 5.47. The number of aryl methyl sites for hydroxylation is 1. The Morgan fingerprint density at radius 2 is 1.87 bits per heavy atom. The van der Waals surface area contributed by atoms with E-state index in [1.54, 1.807) is 0 Å². The highest BCUT2D eigenvalue weighted by Crippen LogP contribution is 2.10. The number of hydrogen-bond donors (Lipinski definition) is 1. The van der Waals surface area contributed by atoms with Gasteiger partial charge in [-0.2, -0.15) is 0 Å². The molecule has 2 heteroatoms. The number of benzene rings is 1. The van der Waals surface area contributed by atoms with Crippen LogP contribution in [0, 0.1) is 12.8 Å². The Morgan fingerprint density at radius 1 is 1.27 bits per heavy atom. The summed E-state index contributed by atoms with van der Waals surface area (Å²) >= 11 is 0. The summed E-state index contributed by atoms with van der Waals surface area (Å²) in [6, 6.07) is 7.80. The first-order chi connectivity index (χ1) is 7.09. The lowest BCUT2D eigenvalue weighted by Crippen LogP contribution is -2.17. The number of amides is 1. The van der Waals surface area contributed by atoms with Gasteiger partial charge < -0.3 is 5.32 Å². The first-order valence-corrected chi connectivity index (χ1v) is 5.47. The Hall–Kier alpha value is -1.31. The van der Waals surface area contributed by atoms with Gasteiger partial charge in [-0.25, -0.2) is 0 Å². The van der Waals surface area contributed by atoms with E-state index in [1.165, 1.54) is 0 Å². The molecule has 0 bridgehead atoms. The number of carbonyl (C=O) groups is 1. The third kappa shape index (κ3) is 5.21. The number of nitrogens with one attached hydrogen (secondary N) is 1. The SMILES string of the molecule is CC.Cc1cccc(NC(=O)C(C)C)c1. The molecule has 0 saturated heterocycles. The molecule has 1 aromatic rings.